The first kappa shape index (κ1) is 30.0. The molecule has 3 aromatic rings. The maximum absolute atomic E-state index is 14.1. The summed E-state index contributed by atoms with van der Waals surface area (Å²) in [6.45, 7) is 10.6. The van der Waals surface area contributed by atoms with Gasteiger partial charge in [0, 0.05) is 0 Å². The molecule has 0 bridgehead atoms. The molecule has 39 heavy (non-hydrogen) atoms. The predicted molar refractivity (Wildman–Crippen MR) is 144 cm³/mol. The normalized spacial score (nSPS) is 14.1. The van der Waals surface area contributed by atoms with E-state index in [1.807, 2.05) is 0 Å². The van der Waals surface area contributed by atoms with Crippen LogP contribution in [0.1, 0.15) is 51.9 Å². The molecule has 3 N–H and O–H groups in total. The van der Waals surface area contributed by atoms with Crippen molar-refractivity contribution in [3.05, 3.63) is 42.5 Å². The Bertz CT molecular complexity index is 1340. The highest BCUT2D eigenvalue weighted by Crippen LogP contribution is 2.45. The minimum absolute atomic E-state index is 0.205. The molecule has 0 spiro atoms. The fraction of sp³-hybridized carbons (Fsp3) is 0.480. The molecule has 1 unspecified atom stereocenters. The van der Waals surface area contributed by atoms with Gasteiger partial charge < -0.3 is 29.0 Å². The van der Waals surface area contributed by atoms with E-state index in [4.69, 9.17) is 24.5 Å². The van der Waals surface area contributed by atoms with E-state index in [-0.39, 0.29) is 30.6 Å². The Balaban J connectivity index is 1.78. The molecule has 2 heterocycles. The van der Waals surface area contributed by atoms with Crippen molar-refractivity contribution in [1.82, 2.24) is 24.6 Å². The Kier molecular flexibility index (Phi) is 9.65. The highest BCUT2D eigenvalue weighted by Gasteiger charge is 2.40. The fourth-order valence-electron chi connectivity index (χ4n) is 3.54. The molecular formula is C25H35N6O7P. The van der Waals surface area contributed by atoms with Crippen LogP contribution in [0.2, 0.25) is 0 Å². The molecule has 0 radical (unpaired) electrons. The third-order valence-corrected chi connectivity index (χ3v) is 7.23. The number of fused-ring (bicyclic) bond motifs is 1. The number of aromatic nitrogens is 4. The number of rotatable bonds is 13. The number of hydrogen-bond donors (Lipinski definition) is 2. The Hall–Kier alpha value is -3.54. The predicted octanol–water partition coefficient (Wildman–Crippen LogP) is 3.54. The number of nitrogen functional groups attached to an aromatic ring is 1. The van der Waals surface area contributed by atoms with Crippen molar-refractivity contribution in [3.63, 3.8) is 0 Å². The molecule has 13 nitrogen and oxygen atoms in total. The summed E-state index contributed by atoms with van der Waals surface area (Å²) in [6, 6.07) is 5.98. The molecule has 212 valence electrons. The molecule has 0 amide bonds. The van der Waals surface area contributed by atoms with Gasteiger partial charge in [0.15, 0.2) is 11.5 Å². The summed E-state index contributed by atoms with van der Waals surface area (Å²) < 4.78 is 37.9. The van der Waals surface area contributed by atoms with E-state index in [0.717, 1.165) is 0 Å². The van der Waals surface area contributed by atoms with Crippen LogP contribution in [0.3, 0.4) is 0 Å². The SMILES string of the molecule is CCOC(=O)c1ccc(OP(=O)(CO[C@H](C)Cn2cnc3c(N)ncnc32)NC(C)(C)C(=O)OC(C)C)cc1. The van der Waals surface area contributed by atoms with Gasteiger partial charge in [0.1, 0.15) is 29.5 Å². The molecule has 2 atom stereocenters. The average molecular weight is 563 g/mol. The maximum atomic E-state index is 14.1. The summed E-state index contributed by atoms with van der Waals surface area (Å²) >= 11 is 0. The molecular weight excluding hydrogens is 527 g/mol. The van der Waals surface area contributed by atoms with Gasteiger partial charge in [-0.15, -0.1) is 0 Å². The second kappa shape index (κ2) is 12.5. The lowest BCUT2D eigenvalue weighted by atomic mass is 10.1. The lowest BCUT2D eigenvalue weighted by molar-refractivity contribution is -0.153. The van der Waals surface area contributed by atoms with Crippen molar-refractivity contribution in [2.45, 2.75) is 65.8 Å². The number of anilines is 1. The van der Waals surface area contributed by atoms with E-state index in [9.17, 15) is 14.2 Å². The van der Waals surface area contributed by atoms with E-state index < -0.39 is 31.1 Å². The lowest BCUT2D eigenvalue weighted by Crippen LogP contribution is -2.48. The topological polar surface area (TPSA) is 170 Å². The van der Waals surface area contributed by atoms with Crippen LogP contribution >= 0.6 is 7.52 Å². The van der Waals surface area contributed by atoms with Crippen molar-refractivity contribution in [2.75, 3.05) is 18.7 Å². The number of imidazole rings is 1. The molecule has 0 fully saturated rings. The average Bonchev–Trinajstić information content (AvgIpc) is 3.26. The molecule has 2 aromatic heterocycles. The number of carbonyl (C=O) groups is 2. The third-order valence-electron chi connectivity index (χ3n) is 5.33. The van der Waals surface area contributed by atoms with Gasteiger partial charge in [-0.2, -0.15) is 0 Å². The number of esters is 2. The van der Waals surface area contributed by atoms with Crippen LogP contribution in [0.25, 0.3) is 11.2 Å². The van der Waals surface area contributed by atoms with Crippen LogP contribution < -0.4 is 15.3 Å². The summed E-state index contributed by atoms with van der Waals surface area (Å²) in [7, 11) is -3.87. The Labute approximate surface area is 226 Å². The standard InChI is InChI=1S/C25H35N6O7P/c1-7-35-23(32)18-8-10-19(11-9-18)38-39(34,30-25(5,6)24(33)37-16(2)3)15-36-17(4)12-31-14-29-20-21(26)27-13-28-22(20)31/h8-11,13-14,16-17H,7,12,15H2,1-6H3,(H,30,34)(H2,26,27,28)/t17-,39?/m1/s1. The van der Waals surface area contributed by atoms with E-state index >= 15 is 0 Å². The summed E-state index contributed by atoms with van der Waals surface area (Å²) in [5, 5.41) is 2.82. The van der Waals surface area contributed by atoms with E-state index in [0.29, 0.717) is 23.3 Å². The summed E-state index contributed by atoms with van der Waals surface area (Å²) in [4.78, 5) is 37.1. The van der Waals surface area contributed by atoms with Crippen LogP contribution in [0.5, 0.6) is 5.75 Å². The lowest BCUT2D eigenvalue weighted by Gasteiger charge is -2.31. The number of nitrogens with one attached hydrogen (secondary N) is 1. The number of hydrogen-bond acceptors (Lipinski definition) is 11. The van der Waals surface area contributed by atoms with Crippen LogP contribution in [0.4, 0.5) is 5.82 Å². The molecule has 0 aliphatic carbocycles. The first-order valence-electron chi connectivity index (χ1n) is 12.4. The van der Waals surface area contributed by atoms with Crippen molar-refractivity contribution < 1.29 is 32.9 Å². The van der Waals surface area contributed by atoms with Gasteiger partial charge in [0.25, 0.3) is 0 Å². The summed E-state index contributed by atoms with van der Waals surface area (Å²) in [6.07, 6.45) is 1.71. The Morgan fingerprint density at radius 3 is 2.46 bits per heavy atom. The highest BCUT2D eigenvalue weighted by molar-refractivity contribution is 7.57. The monoisotopic (exact) mass is 562 g/mol. The van der Waals surface area contributed by atoms with Crippen LogP contribution in [0, 0.1) is 0 Å². The quantitative estimate of drug-likeness (QED) is 0.230. The molecule has 0 aliphatic rings. The second-order valence-corrected chi connectivity index (χ2v) is 11.6. The minimum Gasteiger partial charge on any atom is -0.462 e. The first-order chi connectivity index (χ1) is 18.3. The van der Waals surface area contributed by atoms with Gasteiger partial charge in [-0.3, -0.25) is 9.36 Å². The fourth-order valence-corrected chi connectivity index (χ4v) is 5.56. The smallest absolute Gasteiger partial charge is 0.342 e. The van der Waals surface area contributed by atoms with Gasteiger partial charge in [-0.1, -0.05) is 0 Å². The summed E-state index contributed by atoms with van der Waals surface area (Å²) in [5.74, 6) is -0.622. The van der Waals surface area contributed by atoms with E-state index in [1.165, 1.54) is 30.6 Å². The van der Waals surface area contributed by atoms with Crippen molar-refractivity contribution in [1.29, 1.82) is 0 Å². The Morgan fingerprint density at radius 1 is 1.13 bits per heavy atom. The van der Waals surface area contributed by atoms with Crippen molar-refractivity contribution >= 4 is 36.4 Å². The number of ether oxygens (including phenoxy) is 3. The zero-order valence-electron chi connectivity index (χ0n) is 22.9. The van der Waals surface area contributed by atoms with Crippen LogP contribution in [-0.4, -0.2) is 62.2 Å². The summed E-state index contributed by atoms with van der Waals surface area (Å²) in [5.41, 5.74) is 5.81. The Morgan fingerprint density at radius 2 is 1.82 bits per heavy atom. The first-order valence-corrected chi connectivity index (χ1v) is 14.2. The maximum Gasteiger partial charge on any atom is 0.342 e. The number of benzene rings is 1. The van der Waals surface area contributed by atoms with Crippen LogP contribution in [-0.2, 0) is 30.1 Å². The van der Waals surface area contributed by atoms with Gasteiger partial charge in [-0.25, -0.2) is 24.8 Å². The molecule has 0 saturated heterocycles. The largest absolute Gasteiger partial charge is 0.462 e. The van der Waals surface area contributed by atoms with Gasteiger partial charge in [-0.05, 0) is 65.8 Å². The van der Waals surface area contributed by atoms with E-state index in [2.05, 4.69) is 20.0 Å². The van der Waals surface area contributed by atoms with Crippen molar-refractivity contribution in [3.8, 4) is 5.75 Å². The van der Waals surface area contributed by atoms with Gasteiger partial charge in [0.2, 0.25) is 0 Å². The zero-order chi connectivity index (χ0) is 28.8. The van der Waals surface area contributed by atoms with Crippen LogP contribution in [0.15, 0.2) is 36.9 Å². The molecule has 1 aromatic carbocycles. The molecule has 0 saturated carbocycles. The second-order valence-electron chi connectivity index (χ2n) is 9.63. The number of nitrogens with zero attached hydrogens (tertiary/aromatic N) is 4. The van der Waals surface area contributed by atoms with Gasteiger partial charge in [0.05, 0.1) is 37.3 Å². The third kappa shape index (κ3) is 7.98. The van der Waals surface area contributed by atoms with E-state index in [1.54, 1.807) is 52.4 Å². The van der Waals surface area contributed by atoms with Gasteiger partial charge >= 0.3 is 19.5 Å². The van der Waals surface area contributed by atoms with Crippen molar-refractivity contribution in [2.24, 2.45) is 0 Å². The highest BCUT2D eigenvalue weighted by atomic mass is 31.2. The minimum atomic E-state index is -3.87. The zero-order valence-corrected chi connectivity index (χ0v) is 23.8. The number of nitrogens with two attached hydrogens (primary N) is 1. The molecule has 3 rings (SSSR count). The number of carbonyl (C=O) groups excluding carboxylic acids is 2. The molecule has 14 heteroatoms. The molecule has 0 aliphatic heterocycles.